The van der Waals surface area contributed by atoms with E-state index in [1.165, 1.54) is 6.26 Å². The Bertz CT molecular complexity index is 1010. The second-order valence-corrected chi connectivity index (χ2v) is 6.75. The summed E-state index contributed by atoms with van der Waals surface area (Å²) in [5, 5.41) is 31.9. The maximum atomic E-state index is 12.8. The Labute approximate surface area is 157 Å². The van der Waals surface area contributed by atoms with Crippen molar-refractivity contribution in [1.29, 1.82) is 0 Å². The zero-order valence-corrected chi connectivity index (χ0v) is 14.6. The first-order chi connectivity index (χ1) is 13.3. The summed E-state index contributed by atoms with van der Waals surface area (Å²) in [6, 6.07) is 1.97. The number of aliphatic hydroxyl groups excluding tert-OH is 1. The van der Waals surface area contributed by atoms with E-state index in [0.717, 1.165) is 19.3 Å². The molecule has 0 bridgehead atoms. The number of pyridine rings is 1. The van der Waals surface area contributed by atoms with Crippen molar-refractivity contribution in [1.82, 2.24) is 15.2 Å². The Morgan fingerprint density at radius 2 is 1.93 bits per heavy atom. The van der Waals surface area contributed by atoms with Gasteiger partial charge in [0.25, 0.3) is 0 Å². The summed E-state index contributed by atoms with van der Waals surface area (Å²) in [5.74, 6) is -0.337. The van der Waals surface area contributed by atoms with E-state index in [1.807, 2.05) is 0 Å². The molecular formula is C18H17F3N4O3. The summed E-state index contributed by atoms with van der Waals surface area (Å²) >= 11 is 0. The lowest BCUT2D eigenvalue weighted by Crippen LogP contribution is -2.36. The fraction of sp³-hybridized carbons (Fsp3) is 0.389. The SMILES string of the molecule is Oc1cc(C(F)(F)F)cnc1-c1nnc(N[C@@H]2CCCC[C@H]2O)c2occc12. The van der Waals surface area contributed by atoms with E-state index in [1.54, 1.807) is 6.07 Å². The molecule has 28 heavy (non-hydrogen) atoms. The molecule has 0 aliphatic heterocycles. The molecule has 3 N–H and O–H groups in total. The smallest absolute Gasteiger partial charge is 0.418 e. The van der Waals surface area contributed by atoms with Crippen LogP contribution in [0.5, 0.6) is 5.75 Å². The predicted octanol–water partition coefficient (Wildman–Crippen LogP) is 3.72. The van der Waals surface area contributed by atoms with Crippen LogP contribution in [0.2, 0.25) is 0 Å². The van der Waals surface area contributed by atoms with Crippen molar-refractivity contribution in [3.8, 4) is 17.1 Å². The van der Waals surface area contributed by atoms with Crippen LogP contribution in [0.3, 0.4) is 0 Å². The second kappa shape index (κ2) is 6.93. The van der Waals surface area contributed by atoms with Crippen molar-refractivity contribution in [2.45, 2.75) is 44.0 Å². The van der Waals surface area contributed by atoms with Gasteiger partial charge in [-0.3, -0.25) is 0 Å². The first-order valence-electron chi connectivity index (χ1n) is 8.79. The van der Waals surface area contributed by atoms with E-state index in [9.17, 15) is 23.4 Å². The second-order valence-electron chi connectivity index (χ2n) is 6.75. The third-order valence-corrected chi connectivity index (χ3v) is 4.86. The molecule has 0 unspecified atom stereocenters. The Kier molecular flexibility index (Phi) is 4.58. The topological polar surface area (TPSA) is 104 Å². The van der Waals surface area contributed by atoms with Crippen LogP contribution >= 0.6 is 0 Å². The van der Waals surface area contributed by atoms with Gasteiger partial charge in [0.2, 0.25) is 0 Å². The molecule has 1 aliphatic carbocycles. The third-order valence-electron chi connectivity index (χ3n) is 4.86. The monoisotopic (exact) mass is 394 g/mol. The lowest BCUT2D eigenvalue weighted by molar-refractivity contribution is -0.137. The molecular weight excluding hydrogens is 377 g/mol. The number of fused-ring (bicyclic) bond motifs is 1. The first kappa shape index (κ1) is 18.5. The fourth-order valence-corrected chi connectivity index (χ4v) is 3.39. The number of hydrogen-bond acceptors (Lipinski definition) is 7. The minimum Gasteiger partial charge on any atom is -0.506 e. The number of aliphatic hydroxyl groups is 1. The van der Waals surface area contributed by atoms with Crippen molar-refractivity contribution in [3.05, 3.63) is 30.2 Å². The lowest BCUT2D eigenvalue weighted by atomic mass is 9.92. The average molecular weight is 394 g/mol. The number of anilines is 1. The fourth-order valence-electron chi connectivity index (χ4n) is 3.39. The molecule has 7 nitrogen and oxygen atoms in total. The highest BCUT2D eigenvalue weighted by Crippen LogP contribution is 2.37. The van der Waals surface area contributed by atoms with Crippen molar-refractivity contribution < 1.29 is 27.8 Å². The molecule has 3 heterocycles. The van der Waals surface area contributed by atoms with E-state index in [2.05, 4.69) is 20.5 Å². The standard InChI is InChI=1S/C18H17F3N4O3/c19-18(20,21)9-7-13(27)15(22-8-9)14-10-5-6-28-16(10)17(25-24-14)23-11-3-1-2-4-12(11)26/h5-8,11-12,26-27H,1-4H2,(H,23,25)/t11-,12-/m1/s1. The predicted molar refractivity (Wildman–Crippen MR) is 93.6 cm³/mol. The first-order valence-corrected chi connectivity index (χ1v) is 8.79. The minimum absolute atomic E-state index is 0.102. The number of aromatic nitrogens is 3. The van der Waals surface area contributed by atoms with Crippen molar-refractivity contribution >= 4 is 16.8 Å². The van der Waals surface area contributed by atoms with Gasteiger partial charge in [0.05, 0.1) is 29.4 Å². The summed E-state index contributed by atoms with van der Waals surface area (Å²) in [6.45, 7) is 0. The molecule has 2 atom stereocenters. The number of nitrogens with one attached hydrogen (secondary N) is 1. The van der Waals surface area contributed by atoms with Gasteiger partial charge in [-0.15, -0.1) is 10.2 Å². The normalized spacial score (nSPS) is 20.4. The highest BCUT2D eigenvalue weighted by atomic mass is 19.4. The molecule has 1 aliphatic rings. The van der Waals surface area contributed by atoms with Crippen LogP contribution in [-0.2, 0) is 6.18 Å². The largest absolute Gasteiger partial charge is 0.506 e. The Balaban J connectivity index is 1.71. The van der Waals surface area contributed by atoms with Gasteiger partial charge in [0.15, 0.2) is 11.4 Å². The molecule has 10 heteroatoms. The number of furan rings is 1. The van der Waals surface area contributed by atoms with Gasteiger partial charge in [-0.1, -0.05) is 12.8 Å². The van der Waals surface area contributed by atoms with Crippen LogP contribution in [0.1, 0.15) is 31.2 Å². The molecule has 0 spiro atoms. The van der Waals surface area contributed by atoms with Crippen molar-refractivity contribution in [3.63, 3.8) is 0 Å². The van der Waals surface area contributed by atoms with E-state index in [-0.39, 0.29) is 17.4 Å². The zero-order valence-electron chi connectivity index (χ0n) is 14.6. The van der Waals surface area contributed by atoms with Crippen LogP contribution in [0, 0.1) is 0 Å². The number of hydrogen-bond donors (Lipinski definition) is 3. The van der Waals surface area contributed by atoms with E-state index >= 15 is 0 Å². The average Bonchev–Trinajstić information content (AvgIpc) is 3.13. The van der Waals surface area contributed by atoms with Crippen molar-refractivity contribution in [2.24, 2.45) is 0 Å². The van der Waals surface area contributed by atoms with Crippen LogP contribution in [0.25, 0.3) is 22.4 Å². The van der Waals surface area contributed by atoms with Gasteiger partial charge in [-0.2, -0.15) is 13.2 Å². The van der Waals surface area contributed by atoms with E-state index < -0.39 is 23.6 Å². The van der Waals surface area contributed by atoms with Gasteiger partial charge in [0.1, 0.15) is 17.1 Å². The molecule has 3 aromatic heterocycles. The van der Waals surface area contributed by atoms with E-state index in [4.69, 9.17) is 4.42 Å². The Morgan fingerprint density at radius 3 is 2.64 bits per heavy atom. The van der Waals surface area contributed by atoms with E-state index in [0.29, 0.717) is 35.5 Å². The number of aromatic hydroxyl groups is 1. The number of halogens is 3. The summed E-state index contributed by atoms with van der Waals surface area (Å²) in [7, 11) is 0. The molecule has 1 fully saturated rings. The quantitative estimate of drug-likeness (QED) is 0.622. The molecule has 0 amide bonds. The summed E-state index contributed by atoms with van der Waals surface area (Å²) in [5.41, 5.74) is -0.764. The summed E-state index contributed by atoms with van der Waals surface area (Å²) in [4.78, 5) is 3.73. The lowest BCUT2D eigenvalue weighted by Gasteiger charge is -2.28. The molecule has 0 saturated heterocycles. The van der Waals surface area contributed by atoms with Gasteiger partial charge < -0.3 is 19.9 Å². The maximum absolute atomic E-state index is 12.8. The molecule has 4 rings (SSSR count). The van der Waals surface area contributed by atoms with Gasteiger partial charge in [0, 0.05) is 6.20 Å². The highest BCUT2D eigenvalue weighted by Gasteiger charge is 2.32. The summed E-state index contributed by atoms with van der Waals surface area (Å²) < 4.78 is 43.8. The van der Waals surface area contributed by atoms with Crippen LogP contribution in [0.4, 0.5) is 19.0 Å². The number of nitrogens with zero attached hydrogens (tertiary/aromatic N) is 3. The molecule has 148 valence electrons. The van der Waals surface area contributed by atoms with Gasteiger partial charge in [-0.05, 0) is 25.0 Å². The number of alkyl halides is 3. The third kappa shape index (κ3) is 3.35. The highest BCUT2D eigenvalue weighted by molar-refractivity contribution is 5.96. The minimum atomic E-state index is -4.62. The van der Waals surface area contributed by atoms with Crippen molar-refractivity contribution in [2.75, 3.05) is 5.32 Å². The van der Waals surface area contributed by atoms with Crippen LogP contribution in [0.15, 0.2) is 29.0 Å². The Morgan fingerprint density at radius 1 is 1.14 bits per heavy atom. The number of rotatable bonds is 3. The maximum Gasteiger partial charge on any atom is 0.418 e. The molecule has 0 aromatic carbocycles. The molecule has 3 aromatic rings. The molecule has 1 saturated carbocycles. The zero-order chi connectivity index (χ0) is 19.9. The summed E-state index contributed by atoms with van der Waals surface area (Å²) in [6.07, 6.45) is 0.287. The van der Waals surface area contributed by atoms with Crippen LogP contribution in [-0.4, -0.2) is 37.5 Å². The Hall–Kier alpha value is -2.88. The van der Waals surface area contributed by atoms with Crippen LogP contribution < -0.4 is 5.32 Å². The van der Waals surface area contributed by atoms with Gasteiger partial charge >= 0.3 is 6.18 Å². The van der Waals surface area contributed by atoms with Gasteiger partial charge in [-0.25, -0.2) is 4.98 Å². The molecule has 0 radical (unpaired) electrons.